The van der Waals surface area contributed by atoms with Crippen LogP contribution < -0.4 is 11.1 Å². The number of methoxy groups -OCH3 is 1. The molecule has 1 unspecified atom stereocenters. The summed E-state index contributed by atoms with van der Waals surface area (Å²) in [4.78, 5) is 16.0. The summed E-state index contributed by atoms with van der Waals surface area (Å²) in [5.41, 5.74) is 7.10. The van der Waals surface area contributed by atoms with Crippen molar-refractivity contribution >= 4 is 11.8 Å². The van der Waals surface area contributed by atoms with Crippen LogP contribution in [0.3, 0.4) is 0 Å². The lowest BCUT2D eigenvalue weighted by atomic mass is 9.84. The first-order chi connectivity index (χ1) is 10.2. The second-order valence-corrected chi connectivity index (χ2v) is 5.71. The van der Waals surface area contributed by atoms with Crippen molar-refractivity contribution in [3.05, 3.63) is 23.4 Å². The molecule has 0 saturated heterocycles. The van der Waals surface area contributed by atoms with E-state index in [9.17, 15) is 4.79 Å². The topological polar surface area (TPSA) is 77.2 Å². The van der Waals surface area contributed by atoms with Crippen molar-refractivity contribution < 1.29 is 9.53 Å². The maximum atomic E-state index is 11.6. The molecule has 116 valence electrons. The molecule has 5 nitrogen and oxygen atoms in total. The van der Waals surface area contributed by atoms with Crippen LogP contribution in [0.4, 0.5) is 5.82 Å². The summed E-state index contributed by atoms with van der Waals surface area (Å²) in [6, 6.07) is 3.83. The molecule has 1 heterocycles. The molecule has 1 aliphatic carbocycles. The number of esters is 1. The van der Waals surface area contributed by atoms with Gasteiger partial charge in [-0.05, 0) is 37.8 Å². The van der Waals surface area contributed by atoms with Crippen LogP contribution in [-0.4, -0.2) is 30.6 Å². The van der Waals surface area contributed by atoms with Gasteiger partial charge in [0.25, 0.3) is 0 Å². The minimum absolute atomic E-state index is 0.251. The van der Waals surface area contributed by atoms with Gasteiger partial charge in [0.2, 0.25) is 0 Å². The van der Waals surface area contributed by atoms with Crippen LogP contribution in [0, 0.1) is 12.8 Å². The van der Waals surface area contributed by atoms with E-state index >= 15 is 0 Å². The summed E-state index contributed by atoms with van der Waals surface area (Å²) in [6.07, 6.45) is 6.37. The normalized spacial score (nSPS) is 17.3. The number of nitrogens with zero attached hydrogens (tertiary/aromatic N) is 1. The molecule has 0 aliphatic heterocycles. The molecule has 2 rings (SSSR count). The average molecular weight is 291 g/mol. The molecule has 0 spiro atoms. The first-order valence-electron chi connectivity index (χ1n) is 7.68. The molecule has 0 aromatic carbocycles. The van der Waals surface area contributed by atoms with Crippen molar-refractivity contribution in [3.8, 4) is 0 Å². The van der Waals surface area contributed by atoms with Crippen molar-refractivity contribution in [3.63, 3.8) is 0 Å². The molecule has 1 atom stereocenters. The van der Waals surface area contributed by atoms with Crippen molar-refractivity contribution in [2.45, 2.75) is 45.1 Å². The summed E-state index contributed by atoms with van der Waals surface area (Å²) < 4.78 is 4.74. The molecule has 1 aliphatic rings. The predicted octanol–water partition coefficient (Wildman–Crippen LogP) is 2.50. The summed E-state index contributed by atoms with van der Waals surface area (Å²) in [5.74, 6) is 1.04. The fraction of sp³-hybridized carbons (Fsp3) is 0.625. The number of pyridine rings is 1. The number of hydrogen-bond donors (Lipinski definition) is 2. The van der Waals surface area contributed by atoms with E-state index in [2.05, 4.69) is 10.3 Å². The predicted molar refractivity (Wildman–Crippen MR) is 83.4 cm³/mol. The number of aryl methyl sites for hydroxylation is 1. The standard InChI is InChI=1S/C16H25N3O2/c1-11-13(16(20)21-2)8-9-15(18-11)19-14(10-17)12-6-4-3-5-7-12/h8-9,12,14H,3-7,10,17H2,1-2H3,(H,18,19). The number of rotatable bonds is 5. The summed E-state index contributed by atoms with van der Waals surface area (Å²) in [6.45, 7) is 2.42. The van der Waals surface area contributed by atoms with Crippen LogP contribution in [-0.2, 0) is 4.74 Å². The summed E-state index contributed by atoms with van der Waals surface area (Å²) >= 11 is 0. The zero-order valence-electron chi connectivity index (χ0n) is 12.9. The highest BCUT2D eigenvalue weighted by molar-refractivity contribution is 5.90. The molecular formula is C16H25N3O2. The van der Waals surface area contributed by atoms with Gasteiger partial charge in [0, 0.05) is 12.6 Å². The van der Waals surface area contributed by atoms with Gasteiger partial charge in [-0.3, -0.25) is 0 Å². The lowest BCUT2D eigenvalue weighted by Crippen LogP contribution is -2.37. The van der Waals surface area contributed by atoms with E-state index in [1.807, 2.05) is 13.0 Å². The SMILES string of the molecule is COC(=O)c1ccc(NC(CN)C2CCCCC2)nc1C. The van der Waals surface area contributed by atoms with E-state index in [-0.39, 0.29) is 12.0 Å². The first-order valence-corrected chi connectivity index (χ1v) is 7.68. The Labute approximate surface area is 126 Å². The smallest absolute Gasteiger partial charge is 0.339 e. The lowest BCUT2D eigenvalue weighted by Gasteiger charge is -2.30. The van der Waals surface area contributed by atoms with E-state index in [4.69, 9.17) is 10.5 Å². The van der Waals surface area contributed by atoms with Crippen molar-refractivity contribution in [1.29, 1.82) is 0 Å². The summed E-state index contributed by atoms with van der Waals surface area (Å²) in [7, 11) is 1.38. The highest BCUT2D eigenvalue weighted by atomic mass is 16.5. The Kier molecular flexibility index (Phi) is 5.56. The zero-order chi connectivity index (χ0) is 15.2. The second-order valence-electron chi connectivity index (χ2n) is 5.71. The van der Waals surface area contributed by atoms with E-state index < -0.39 is 0 Å². The van der Waals surface area contributed by atoms with Gasteiger partial charge in [-0.2, -0.15) is 0 Å². The Morgan fingerprint density at radius 2 is 2.14 bits per heavy atom. The Morgan fingerprint density at radius 1 is 1.43 bits per heavy atom. The fourth-order valence-electron chi connectivity index (χ4n) is 3.06. The van der Waals surface area contributed by atoms with Crippen LogP contribution in [0.2, 0.25) is 0 Å². The molecular weight excluding hydrogens is 266 g/mol. The number of nitrogens with two attached hydrogens (primary N) is 1. The van der Waals surface area contributed by atoms with Crippen LogP contribution >= 0.6 is 0 Å². The third-order valence-corrected chi connectivity index (χ3v) is 4.30. The molecule has 0 bridgehead atoms. The molecule has 1 aromatic heterocycles. The van der Waals surface area contributed by atoms with Crippen molar-refractivity contribution in [1.82, 2.24) is 4.98 Å². The van der Waals surface area contributed by atoms with Gasteiger partial charge in [0.15, 0.2) is 0 Å². The maximum Gasteiger partial charge on any atom is 0.339 e. The number of nitrogens with one attached hydrogen (secondary N) is 1. The number of ether oxygens (including phenoxy) is 1. The fourth-order valence-corrected chi connectivity index (χ4v) is 3.06. The number of carbonyl (C=O) groups excluding carboxylic acids is 1. The molecule has 0 radical (unpaired) electrons. The van der Waals surface area contributed by atoms with E-state index in [0.717, 1.165) is 5.82 Å². The number of hydrogen-bond acceptors (Lipinski definition) is 5. The van der Waals surface area contributed by atoms with Gasteiger partial charge in [0.1, 0.15) is 5.82 Å². The lowest BCUT2D eigenvalue weighted by molar-refractivity contribution is 0.0599. The van der Waals surface area contributed by atoms with Crippen molar-refractivity contribution in [2.75, 3.05) is 19.0 Å². The zero-order valence-corrected chi connectivity index (χ0v) is 12.9. The highest BCUT2D eigenvalue weighted by Crippen LogP contribution is 2.27. The quantitative estimate of drug-likeness (QED) is 0.815. The van der Waals surface area contributed by atoms with Gasteiger partial charge in [-0.25, -0.2) is 9.78 Å². The monoisotopic (exact) mass is 291 g/mol. The Balaban J connectivity index is 2.07. The molecule has 3 N–H and O–H groups in total. The largest absolute Gasteiger partial charge is 0.465 e. The van der Waals surface area contributed by atoms with Gasteiger partial charge in [-0.1, -0.05) is 19.3 Å². The van der Waals surface area contributed by atoms with Crippen LogP contribution in [0.5, 0.6) is 0 Å². The van der Waals surface area contributed by atoms with E-state index in [1.54, 1.807) is 6.07 Å². The first kappa shape index (κ1) is 15.8. The molecule has 21 heavy (non-hydrogen) atoms. The summed E-state index contributed by atoms with van der Waals surface area (Å²) in [5, 5.41) is 3.44. The van der Waals surface area contributed by atoms with Crippen LogP contribution in [0.15, 0.2) is 12.1 Å². The number of carbonyl (C=O) groups is 1. The molecule has 1 fully saturated rings. The highest BCUT2D eigenvalue weighted by Gasteiger charge is 2.23. The third-order valence-electron chi connectivity index (χ3n) is 4.30. The average Bonchev–Trinajstić information content (AvgIpc) is 2.53. The van der Waals surface area contributed by atoms with Gasteiger partial charge in [0.05, 0.1) is 18.4 Å². The Hall–Kier alpha value is -1.62. The molecule has 1 aromatic rings. The molecule has 0 amide bonds. The van der Waals surface area contributed by atoms with Gasteiger partial charge >= 0.3 is 5.97 Å². The van der Waals surface area contributed by atoms with Crippen LogP contribution in [0.25, 0.3) is 0 Å². The maximum absolute atomic E-state index is 11.6. The third kappa shape index (κ3) is 3.94. The Morgan fingerprint density at radius 3 is 2.71 bits per heavy atom. The Bertz CT molecular complexity index is 484. The number of aromatic nitrogens is 1. The minimum Gasteiger partial charge on any atom is -0.465 e. The van der Waals surface area contributed by atoms with Crippen molar-refractivity contribution in [2.24, 2.45) is 11.7 Å². The van der Waals surface area contributed by atoms with E-state index in [0.29, 0.717) is 23.7 Å². The van der Waals surface area contributed by atoms with Crippen LogP contribution in [0.1, 0.15) is 48.2 Å². The molecule has 1 saturated carbocycles. The van der Waals surface area contributed by atoms with Gasteiger partial charge < -0.3 is 15.8 Å². The van der Waals surface area contributed by atoms with E-state index in [1.165, 1.54) is 39.2 Å². The minimum atomic E-state index is -0.353. The second kappa shape index (κ2) is 7.41. The molecule has 5 heteroatoms. The van der Waals surface area contributed by atoms with Gasteiger partial charge in [-0.15, -0.1) is 0 Å². The number of anilines is 1.